The van der Waals surface area contributed by atoms with Gasteiger partial charge < -0.3 is 24.1 Å². The first-order valence-corrected chi connectivity index (χ1v) is 11.8. The van der Waals surface area contributed by atoms with E-state index in [-0.39, 0.29) is 11.3 Å². The molecule has 5 rings (SSSR count). The zero-order valence-corrected chi connectivity index (χ0v) is 21.0. The maximum absolute atomic E-state index is 13.5. The third-order valence-electron chi connectivity index (χ3n) is 6.69. The molecular formula is C29H27NO7. The molecule has 0 aliphatic carbocycles. The summed E-state index contributed by atoms with van der Waals surface area (Å²) in [5, 5.41) is 11.5. The number of fused-ring (bicyclic) bond motifs is 1. The lowest BCUT2D eigenvalue weighted by Crippen LogP contribution is -2.29. The molecule has 0 bridgehead atoms. The van der Waals surface area contributed by atoms with Crippen molar-refractivity contribution in [3.05, 3.63) is 82.4 Å². The lowest BCUT2D eigenvalue weighted by atomic mass is 9.93. The molecule has 0 radical (unpaired) electrons. The molecule has 8 heteroatoms. The summed E-state index contributed by atoms with van der Waals surface area (Å²) in [5.74, 6) is 0.0624. The molecule has 3 aromatic carbocycles. The van der Waals surface area contributed by atoms with Crippen LogP contribution in [0.15, 0.2) is 60.2 Å². The Kier molecular flexibility index (Phi) is 6.25. The number of ketones is 1. The highest BCUT2D eigenvalue weighted by atomic mass is 16.5. The van der Waals surface area contributed by atoms with E-state index in [0.717, 1.165) is 16.9 Å². The van der Waals surface area contributed by atoms with Crippen molar-refractivity contribution in [3.8, 4) is 23.0 Å². The number of nitrogens with zero attached hydrogens (tertiary/aromatic N) is 1. The summed E-state index contributed by atoms with van der Waals surface area (Å²) in [7, 11) is 4.48. The molecule has 0 saturated carbocycles. The number of rotatable bonds is 6. The van der Waals surface area contributed by atoms with Crippen molar-refractivity contribution in [1.29, 1.82) is 0 Å². The van der Waals surface area contributed by atoms with Crippen molar-refractivity contribution in [2.45, 2.75) is 19.4 Å². The SMILES string of the molecule is COc1cc(C2/C(=C(\O)c3ccc4c(c3)CCO4)C(=O)C(=O)N2c2cccc(C)c2)cc(OC)c1OC. The molecule has 1 N–H and O–H groups in total. The summed E-state index contributed by atoms with van der Waals surface area (Å²) in [4.78, 5) is 28.4. The zero-order chi connectivity index (χ0) is 26.3. The Labute approximate surface area is 214 Å². The van der Waals surface area contributed by atoms with Gasteiger partial charge in [-0.15, -0.1) is 0 Å². The van der Waals surface area contributed by atoms with Gasteiger partial charge in [0.2, 0.25) is 5.75 Å². The van der Waals surface area contributed by atoms with Crippen molar-refractivity contribution in [3.63, 3.8) is 0 Å². The van der Waals surface area contributed by atoms with Gasteiger partial charge in [-0.2, -0.15) is 0 Å². The molecule has 190 valence electrons. The summed E-state index contributed by atoms with van der Waals surface area (Å²) < 4.78 is 22.1. The molecule has 1 unspecified atom stereocenters. The van der Waals surface area contributed by atoms with Gasteiger partial charge in [0.05, 0.1) is 39.6 Å². The smallest absolute Gasteiger partial charge is 0.300 e. The maximum Gasteiger partial charge on any atom is 0.300 e. The second-order valence-electron chi connectivity index (χ2n) is 8.89. The van der Waals surface area contributed by atoms with Crippen LogP contribution in [0.5, 0.6) is 23.0 Å². The average Bonchev–Trinajstić information content (AvgIpc) is 3.49. The third-order valence-corrected chi connectivity index (χ3v) is 6.69. The molecule has 2 aliphatic rings. The molecule has 37 heavy (non-hydrogen) atoms. The number of Topliss-reactive ketones (excluding diaryl/α,β-unsaturated/α-hetero) is 1. The minimum atomic E-state index is -0.944. The van der Waals surface area contributed by atoms with Crippen molar-refractivity contribution in [2.24, 2.45) is 0 Å². The lowest BCUT2D eigenvalue weighted by Gasteiger charge is -2.27. The van der Waals surface area contributed by atoms with Crippen LogP contribution in [0.2, 0.25) is 0 Å². The van der Waals surface area contributed by atoms with Crippen LogP contribution in [0, 0.1) is 6.92 Å². The largest absolute Gasteiger partial charge is 0.507 e. The number of carbonyl (C=O) groups excluding carboxylic acids is 2. The minimum Gasteiger partial charge on any atom is -0.507 e. The Morgan fingerprint density at radius 3 is 2.35 bits per heavy atom. The number of anilines is 1. The summed E-state index contributed by atoms with van der Waals surface area (Å²) in [6.07, 6.45) is 0.699. The van der Waals surface area contributed by atoms with Gasteiger partial charge in [-0.05, 0) is 66.1 Å². The lowest BCUT2D eigenvalue weighted by molar-refractivity contribution is -0.132. The van der Waals surface area contributed by atoms with Crippen LogP contribution in [0.3, 0.4) is 0 Å². The van der Waals surface area contributed by atoms with Crippen LogP contribution in [0.25, 0.3) is 5.76 Å². The van der Waals surface area contributed by atoms with Crippen LogP contribution in [-0.4, -0.2) is 44.7 Å². The summed E-state index contributed by atoms with van der Waals surface area (Å²) in [6, 6.07) is 15.0. The molecule has 8 nitrogen and oxygen atoms in total. The van der Waals surface area contributed by atoms with Gasteiger partial charge in [-0.25, -0.2) is 0 Å². The van der Waals surface area contributed by atoms with Crippen LogP contribution in [-0.2, 0) is 16.0 Å². The van der Waals surface area contributed by atoms with Gasteiger partial charge in [0, 0.05) is 17.7 Å². The second kappa shape index (κ2) is 9.54. The number of carbonyl (C=O) groups is 2. The number of benzene rings is 3. The van der Waals surface area contributed by atoms with E-state index in [2.05, 4.69) is 0 Å². The molecule has 0 aromatic heterocycles. The number of hydrogen-bond acceptors (Lipinski definition) is 7. The van der Waals surface area contributed by atoms with Gasteiger partial charge in [0.1, 0.15) is 11.5 Å². The number of aliphatic hydroxyl groups is 1. The standard InChI is InChI=1S/C29H27NO7/c1-16-6-5-7-20(12-16)30-25(19-14-22(34-2)28(36-4)23(15-19)35-3)24(27(32)29(30)33)26(31)18-8-9-21-17(13-18)10-11-37-21/h5-9,12-15,25,31H,10-11H2,1-4H3/b26-24+. The number of aryl methyl sites for hydroxylation is 1. The highest BCUT2D eigenvalue weighted by molar-refractivity contribution is 6.51. The van der Waals surface area contributed by atoms with Crippen LogP contribution >= 0.6 is 0 Å². The molecule has 1 fully saturated rings. The van der Waals surface area contributed by atoms with Crippen LogP contribution in [0.4, 0.5) is 5.69 Å². The fourth-order valence-corrected chi connectivity index (χ4v) is 4.94. The molecule has 1 amide bonds. The van der Waals surface area contributed by atoms with E-state index in [9.17, 15) is 14.7 Å². The Bertz CT molecular complexity index is 1420. The predicted molar refractivity (Wildman–Crippen MR) is 138 cm³/mol. The number of amides is 1. The number of methoxy groups -OCH3 is 3. The first-order chi connectivity index (χ1) is 17.9. The molecule has 0 spiro atoms. The van der Waals surface area contributed by atoms with E-state index < -0.39 is 17.7 Å². The first kappa shape index (κ1) is 24.2. The minimum absolute atomic E-state index is 0.0281. The molecular weight excluding hydrogens is 474 g/mol. The number of hydrogen-bond donors (Lipinski definition) is 1. The van der Waals surface area contributed by atoms with E-state index >= 15 is 0 Å². The van der Waals surface area contributed by atoms with E-state index in [1.54, 1.807) is 36.4 Å². The van der Waals surface area contributed by atoms with Crippen molar-refractivity contribution >= 4 is 23.1 Å². The molecule has 2 heterocycles. The summed E-state index contributed by atoms with van der Waals surface area (Å²) in [6.45, 7) is 2.46. The van der Waals surface area contributed by atoms with Gasteiger partial charge in [0.25, 0.3) is 11.7 Å². The highest BCUT2D eigenvalue weighted by Gasteiger charge is 2.47. The molecule has 1 atom stereocenters. The van der Waals surface area contributed by atoms with Crippen molar-refractivity contribution < 1.29 is 33.6 Å². The maximum atomic E-state index is 13.5. The number of aliphatic hydroxyl groups excluding tert-OH is 1. The Balaban J connectivity index is 1.76. The summed E-state index contributed by atoms with van der Waals surface area (Å²) in [5.41, 5.74) is 3.30. The van der Waals surface area contributed by atoms with E-state index in [4.69, 9.17) is 18.9 Å². The molecule has 3 aromatic rings. The summed E-state index contributed by atoms with van der Waals surface area (Å²) >= 11 is 0. The Morgan fingerprint density at radius 2 is 1.70 bits per heavy atom. The molecule has 1 saturated heterocycles. The quantitative estimate of drug-likeness (QED) is 0.300. The third kappa shape index (κ3) is 4.04. The van der Waals surface area contributed by atoms with Crippen LogP contribution in [0.1, 0.15) is 28.3 Å². The van der Waals surface area contributed by atoms with Crippen LogP contribution < -0.4 is 23.8 Å². The molecule has 2 aliphatic heterocycles. The highest BCUT2D eigenvalue weighted by Crippen LogP contribution is 2.47. The fraction of sp³-hybridized carbons (Fsp3) is 0.241. The van der Waals surface area contributed by atoms with E-state index in [0.29, 0.717) is 47.1 Å². The van der Waals surface area contributed by atoms with Gasteiger partial charge in [-0.1, -0.05) is 12.1 Å². The fourth-order valence-electron chi connectivity index (χ4n) is 4.94. The van der Waals surface area contributed by atoms with E-state index in [1.165, 1.54) is 26.2 Å². The first-order valence-electron chi connectivity index (χ1n) is 11.8. The van der Waals surface area contributed by atoms with Crippen molar-refractivity contribution in [1.82, 2.24) is 0 Å². The Morgan fingerprint density at radius 1 is 0.973 bits per heavy atom. The van der Waals surface area contributed by atoms with Crippen molar-refractivity contribution in [2.75, 3.05) is 32.8 Å². The van der Waals surface area contributed by atoms with Gasteiger partial charge in [0.15, 0.2) is 11.5 Å². The Hall–Kier alpha value is -4.46. The monoisotopic (exact) mass is 501 g/mol. The normalized spacial score (nSPS) is 17.9. The number of ether oxygens (including phenoxy) is 4. The topological polar surface area (TPSA) is 94.5 Å². The average molecular weight is 502 g/mol. The van der Waals surface area contributed by atoms with Gasteiger partial charge in [-0.3, -0.25) is 14.5 Å². The van der Waals surface area contributed by atoms with Gasteiger partial charge >= 0.3 is 0 Å². The second-order valence-corrected chi connectivity index (χ2v) is 8.89. The van der Waals surface area contributed by atoms with E-state index in [1.807, 2.05) is 25.1 Å². The predicted octanol–water partition coefficient (Wildman–Crippen LogP) is 4.58. The zero-order valence-electron chi connectivity index (χ0n) is 21.0.